The van der Waals surface area contributed by atoms with Crippen molar-refractivity contribution in [1.29, 1.82) is 0 Å². The molecule has 3 N–H and O–H groups in total. The molecule has 0 aromatic rings. The molecular formula is C16H28ClFIN5O. The van der Waals surface area contributed by atoms with E-state index >= 15 is 0 Å². The summed E-state index contributed by atoms with van der Waals surface area (Å²) in [6.45, 7) is 3.63. The van der Waals surface area contributed by atoms with Gasteiger partial charge < -0.3 is 15.3 Å². The van der Waals surface area contributed by atoms with Crippen LogP contribution in [0, 0.1) is 5.92 Å². The zero-order chi connectivity index (χ0) is 18.6. The molecular weight excluding hydrogens is 460 g/mol. The fourth-order valence-electron chi connectivity index (χ4n) is 3.57. The SMILES string of the molecule is CN=CN(C)CCCN1[C@H](O)N[C@H](NC)C1(C)C1C=C(F)C(Cl)=IC1. The maximum absolute atomic E-state index is 14.1. The average molecular weight is 488 g/mol. The summed E-state index contributed by atoms with van der Waals surface area (Å²) in [6, 6.07) is 0. The molecule has 0 aromatic heterocycles. The van der Waals surface area contributed by atoms with E-state index in [1.165, 1.54) is 0 Å². The molecule has 0 aliphatic carbocycles. The quantitative estimate of drug-likeness (QED) is 0.219. The molecule has 2 heterocycles. The van der Waals surface area contributed by atoms with Crippen molar-refractivity contribution in [2.45, 2.75) is 31.4 Å². The van der Waals surface area contributed by atoms with Gasteiger partial charge in [-0.05, 0) is 26.5 Å². The number of hydrogen-bond acceptors (Lipinski definition) is 5. The Balaban J connectivity index is 2.15. The second-order valence-corrected chi connectivity index (χ2v) is 10.3. The van der Waals surface area contributed by atoms with Gasteiger partial charge in [0, 0.05) is 37.5 Å². The van der Waals surface area contributed by atoms with Crippen molar-refractivity contribution in [3.63, 3.8) is 0 Å². The first-order chi connectivity index (χ1) is 11.8. The molecule has 2 rings (SSSR count). The fourth-order valence-corrected chi connectivity index (χ4v) is 6.58. The number of hydrogen-bond donors (Lipinski definition) is 3. The largest absolute Gasteiger partial charge is 0.366 e. The van der Waals surface area contributed by atoms with Gasteiger partial charge in [0.05, 0.1) is 18.0 Å². The van der Waals surface area contributed by atoms with E-state index in [1.54, 1.807) is 19.5 Å². The molecule has 9 heteroatoms. The Labute approximate surface area is 164 Å². The van der Waals surface area contributed by atoms with Crippen LogP contribution in [0.1, 0.15) is 13.3 Å². The van der Waals surface area contributed by atoms with Gasteiger partial charge in [-0.2, -0.15) is 0 Å². The van der Waals surface area contributed by atoms with E-state index in [-0.39, 0.29) is 17.9 Å². The van der Waals surface area contributed by atoms with Crippen LogP contribution in [0.3, 0.4) is 0 Å². The number of alkyl halides is 1. The first-order valence-corrected chi connectivity index (χ1v) is 11.3. The second-order valence-electron chi connectivity index (χ2n) is 6.56. The molecule has 0 aromatic carbocycles. The minimum Gasteiger partial charge on any atom is -0.366 e. The highest BCUT2D eigenvalue weighted by atomic mass is 127. The van der Waals surface area contributed by atoms with Gasteiger partial charge in [-0.1, -0.05) is 32.3 Å². The number of allylic oxidation sites excluding steroid dienone is 1. The Morgan fingerprint density at radius 3 is 3.00 bits per heavy atom. The lowest BCUT2D eigenvalue weighted by Crippen LogP contribution is -2.60. The van der Waals surface area contributed by atoms with E-state index in [9.17, 15) is 9.50 Å². The lowest BCUT2D eigenvalue weighted by atomic mass is 9.83. The highest BCUT2D eigenvalue weighted by Gasteiger charge is 2.53. The minimum absolute atomic E-state index is 0.000154. The molecule has 0 spiro atoms. The van der Waals surface area contributed by atoms with E-state index in [4.69, 9.17) is 11.6 Å². The monoisotopic (exact) mass is 487 g/mol. The zero-order valence-corrected chi connectivity index (χ0v) is 18.1. The molecule has 0 saturated carbocycles. The maximum atomic E-state index is 14.1. The van der Waals surface area contributed by atoms with E-state index in [0.29, 0.717) is 9.51 Å². The van der Waals surface area contributed by atoms with Crippen LogP contribution in [-0.2, 0) is 0 Å². The summed E-state index contributed by atoms with van der Waals surface area (Å²) in [5, 5.41) is 17.0. The van der Waals surface area contributed by atoms with Crippen molar-refractivity contribution in [3.8, 4) is 0 Å². The number of aliphatic hydroxyl groups is 1. The van der Waals surface area contributed by atoms with Gasteiger partial charge in [-0.3, -0.25) is 15.2 Å². The fraction of sp³-hybridized carbons (Fsp3) is 0.750. The number of halogens is 3. The Morgan fingerprint density at radius 2 is 2.40 bits per heavy atom. The van der Waals surface area contributed by atoms with E-state index < -0.39 is 32.6 Å². The zero-order valence-electron chi connectivity index (χ0n) is 15.1. The van der Waals surface area contributed by atoms with Crippen molar-refractivity contribution in [1.82, 2.24) is 20.4 Å². The lowest BCUT2D eigenvalue weighted by molar-refractivity contribution is -0.0353. The van der Waals surface area contributed by atoms with Crippen LogP contribution in [0.2, 0.25) is 0 Å². The van der Waals surface area contributed by atoms with Crippen molar-refractivity contribution >= 4 is 41.6 Å². The van der Waals surface area contributed by atoms with Gasteiger partial charge in [-0.15, -0.1) is 0 Å². The Hall–Kier alpha value is -0.130. The molecule has 2 unspecified atom stereocenters. The van der Waals surface area contributed by atoms with Crippen molar-refractivity contribution in [3.05, 3.63) is 11.9 Å². The van der Waals surface area contributed by atoms with Crippen LogP contribution in [0.4, 0.5) is 4.39 Å². The summed E-state index contributed by atoms with van der Waals surface area (Å²) in [7, 11) is 5.58. The summed E-state index contributed by atoms with van der Waals surface area (Å²) in [5.41, 5.74) is -0.430. The van der Waals surface area contributed by atoms with E-state index in [2.05, 4.69) is 22.5 Å². The Kier molecular flexibility index (Phi) is 7.78. The Bertz CT molecular complexity index is 561. The summed E-state index contributed by atoms with van der Waals surface area (Å²) < 4.78 is 15.4. The molecule has 4 atom stereocenters. The smallest absolute Gasteiger partial charge is 0.164 e. The van der Waals surface area contributed by atoms with Gasteiger partial charge in [0.1, 0.15) is 8.79 Å². The van der Waals surface area contributed by atoms with Crippen LogP contribution in [0.25, 0.3) is 0 Å². The standard InChI is InChI=1S/C16H28ClFIN5O/c1-16(11-8-12(18)13(17)19-9-11)14(21-3)22-15(25)24(16)7-5-6-23(4)10-20-2/h8,10-11,14-15,21-22,25H,5-7,9H2,1-4H3/t11?,14-,15+,16?/m0/s1. The number of rotatable bonds is 7. The van der Waals surface area contributed by atoms with Crippen molar-refractivity contribution < 1.29 is 9.50 Å². The maximum Gasteiger partial charge on any atom is 0.164 e. The highest BCUT2D eigenvalue weighted by molar-refractivity contribution is 14.2. The third-order valence-electron chi connectivity index (χ3n) is 4.96. The molecule has 2 aliphatic heterocycles. The number of likely N-dealkylation sites (N-methyl/N-ethyl adjacent to an activating group) is 1. The van der Waals surface area contributed by atoms with Crippen molar-refractivity contribution in [2.24, 2.45) is 10.9 Å². The lowest BCUT2D eigenvalue weighted by Gasteiger charge is -2.44. The molecule has 0 bridgehead atoms. The van der Waals surface area contributed by atoms with Gasteiger partial charge in [-0.25, -0.2) is 4.39 Å². The molecule has 2 aliphatic rings. The molecule has 144 valence electrons. The van der Waals surface area contributed by atoms with Gasteiger partial charge in [0.15, 0.2) is 6.35 Å². The predicted octanol–water partition coefficient (Wildman–Crippen LogP) is 1.27. The third-order valence-corrected chi connectivity index (χ3v) is 8.40. The first-order valence-electron chi connectivity index (χ1n) is 8.34. The number of nitrogens with one attached hydrogen (secondary N) is 2. The van der Waals surface area contributed by atoms with Crippen LogP contribution in [0.15, 0.2) is 16.9 Å². The topological polar surface area (TPSA) is 63.1 Å². The summed E-state index contributed by atoms with van der Waals surface area (Å²) in [5.74, 6) is -0.290. The predicted molar refractivity (Wildman–Crippen MR) is 111 cm³/mol. The van der Waals surface area contributed by atoms with Gasteiger partial charge in [0.2, 0.25) is 0 Å². The van der Waals surface area contributed by atoms with Crippen LogP contribution in [0.5, 0.6) is 0 Å². The van der Waals surface area contributed by atoms with Crippen LogP contribution >= 0.6 is 32.3 Å². The van der Waals surface area contributed by atoms with Gasteiger partial charge >= 0.3 is 0 Å². The number of aliphatic imine (C=N–C) groups is 1. The van der Waals surface area contributed by atoms with E-state index in [0.717, 1.165) is 17.4 Å². The third kappa shape index (κ3) is 4.59. The highest BCUT2D eigenvalue weighted by Crippen LogP contribution is 2.40. The molecule has 0 radical (unpaired) electrons. The van der Waals surface area contributed by atoms with Crippen LogP contribution in [-0.4, -0.2) is 80.9 Å². The molecule has 6 nitrogen and oxygen atoms in total. The molecule has 0 amide bonds. The summed E-state index contributed by atoms with van der Waals surface area (Å²) in [4.78, 5) is 8.06. The average Bonchev–Trinajstić information content (AvgIpc) is 2.82. The van der Waals surface area contributed by atoms with Crippen LogP contribution < -0.4 is 10.6 Å². The molecule has 1 saturated heterocycles. The second kappa shape index (κ2) is 9.18. The van der Waals surface area contributed by atoms with E-state index in [1.807, 2.05) is 23.9 Å². The number of aliphatic hydroxyl groups excluding tert-OH is 1. The summed E-state index contributed by atoms with van der Waals surface area (Å²) in [6.07, 6.45) is 3.40. The minimum atomic E-state index is -0.761. The number of nitrogens with zero attached hydrogens (tertiary/aromatic N) is 3. The van der Waals surface area contributed by atoms with Gasteiger partial charge in [0.25, 0.3) is 0 Å². The summed E-state index contributed by atoms with van der Waals surface area (Å²) >= 11 is 5.46. The van der Waals surface area contributed by atoms with Crippen molar-refractivity contribution in [2.75, 3.05) is 38.7 Å². The Morgan fingerprint density at radius 1 is 1.68 bits per heavy atom. The molecule has 1 fully saturated rings. The normalized spacial score (nSPS) is 34.0. The molecule has 25 heavy (non-hydrogen) atoms. The first kappa shape index (κ1) is 21.2.